The third-order valence-corrected chi connectivity index (χ3v) is 7.10. The number of carbonyl (C=O) groups is 1. The van der Waals surface area contributed by atoms with Gasteiger partial charge in [0.1, 0.15) is 11.4 Å². The van der Waals surface area contributed by atoms with E-state index in [1.54, 1.807) is 0 Å². The molecule has 0 unspecified atom stereocenters. The summed E-state index contributed by atoms with van der Waals surface area (Å²) >= 11 is 6.00. The maximum atomic E-state index is 13.3. The minimum atomic E-state index is -0.460. The first-order chi connectivity index (χ1) is 12.5. The van der Waals surface area contributed by atoms with E-state index in [2.05, 4.69) is 17.0 Å². The van der Waals surface area contributed by atoms with Gasteiger partial charge >= 0.3 is 0 Å². The van der Waals surface area contributed by atoms with E-state index in [1.165, 1.54) is 18.4 Å². The lowest BCUT2D eigenvalue weighted by Crippen LogP contribution is -2.47. The van der Waals surface area contributed by atoms with Crippen molar-refractivity contribution in [3.8, 4) is 0 Å². The van der Waals surface area contributed by atoms with Crippen LogP contribution < -0.4 is 0 Å². The molecule has 2 saturated carbocycles. The number of likely N-dealkylation sites (tertiary alicyclic amines) is 1. The number of benzene rings is 1. The fourth-order valence-electron chi connectivity index (χ4n) is 5.32. The Bertz CT molecular complexity index is 757. The van der Waals surface area contributed by atoms with Crippen LogP contribution in [0.3, 0.4) is 0 Å². The molecule has 1 spiro atoms. The van der Waals surface area contributed by atoms with Gasteiger partial charge < -0.3 is 0 Å². The molecule has 2 aliphatic carbocycles. The molecule has 1 saturated heterocycles. The largest absolute Gasteiger partial charge is 0.298 e. The highest BCUT2D eigenvalue weighted by Gasteiger charge is 2.60. The Morgan fingerprint density at radius 1 is 1.19 bits per heavy atom. The van der Waals surface area contributed by atoms with Crippen LogP contribution in [-0.4, -0.2) is 46.7 Å². The molecule has 3 fully saturated rings. The molecule has 2 aliphatic heterocycles. The summed E-state index contributed by atoms with van der Waals surface area (Å²) in [6, 6.07) is 8.12. The number of nitrogens with zero attached hydrogens (tertiary/aromatic N) is 3. The average molecular weight is 372 g/mol. The van der Waals surface area contributed by atoms with Gasteiger partial charge in [-0.3, -0.25) is 19.6 Å². The predicted molar refractivity (Wildman–Crippen MR) is 103 cm³/mol. The van der Waals surface area contributed by atoms with Crippen LogP contribution >= 0.6 is 11.6 Å². The Balaban J connectivity index is 1.32. The van der Waals surface area contributed by atoms with E-state index in [-0.39, 0.29) is 0 Å². The normalized spacial score (nSPS) is 34.0. The Labute approximate surface area is 160 Å². The van der Waals surface area contributed by atoms with Gasteiger partial charge in [0.25, 0.3) is 5.91 Å². The lowest BCUT2D eigenvalue weighted by molar-refractivity contribution is -0.132. The number of halogens is 1. The number of hydrogen-bond acceptors (Lipinski definition) is 3. The quantitative estimate of drug-likeness (QED) is 0.810. The van der Waals surface area contributed by atoms with E-state index in [1.807, 2.05) is 24.0 Å². The first-order valence-corrected chi connectivity index (χ1v) is 10.3. The van der Waals surface area contributed by atoms with Gasteiger partial charge in [0.15, 0.2) is 0 Å². The number of amides is 1. The maximum absolute atomic E-state index is 13.3. The van der Waals surface area contributed by atoms with Gasteiger partial charge in [0, 0.05) is 37.1 Å². The summed E-state index contributed by atoms with van der Waals surface area (Å²) in [6.07, 6.45) is 4.60. The molecule has 5 rings (SSSR count). The minimum absolute atomic E-state index is 0.294. The van der Waals surface area contributed by atoms with Crippen molar-refractivity contribution in [3.05, 3.63) is 34.9 Å². The van der Waals surface area contributed by atoms with Gasteiger partial charge in [-0.25, -0.2) is 0 Å². The van der Waals surface area contributed by atoms with Crippen molar-refractivity contribution in [3.63, 3.8) is 0 Å². The van der Waals surface area contributed by atoms with Gasteiger partial charge in [-0.2, -0.15) is 0 Å². The molecule has 0 N–H and O–H groups in total. The zero-order chi connectivity index (χ0) is 17.9. The third kappa shape index (κ3) is 2.69. The first kappa shape index (κ1) is 16.8. The topological polar surface area (TPSA) is 35.9 Å². The van der Waals surface area contributed by atoms with Crippen molar-refractivity contribution in [2.24, 2.45) is 22.7 Å². The highest BCUT2D eigenvalue weighted by atomic mass is 35.5. The van der Waals surface area contributed by atoms with Gasteiger partial charge in [-0.05, 0) is 62.1 Å². The van der Waals surface area contributed by atoms with E-state index in [4.69, 9.17) is 16.6 Å². The number of hydrogen-bond donors (Lipinski definition) is 0. The molecule has 4 nitrogen and oxygen atoms in total. The molecule has 0 aromatic heterocycles. The molecule has 4 aliphatic rings. The number of fused-ring (bicyclic) bond motifs is 2. The maximum Gasteiger partial charge on any atom is 0.256 e. The van der Waals surface area contributed by atoms with Crippen LogP contribution in [-0.2, 0) is 11.3 Å². The lowest BCUT2D eigenvalue weighted by atomic mass is 9.85. The smallest absolute Gasteiger partial charge is 0.256 e. The van der Waals surface area contributed by atoms with Crippen LogP contribution in [0.5, 0.6) is 0 Å². The Morgan fingerprint density at radius 2 is 1.96 bits per heavy atom. The summed E-state index contributed by atoms with van der Waals surface area (Å²) in [5.41, 5.74) is 0.828. The predicted octanol–water partition coefficient (Wildman–Crippen LogP) is 3.59. The van der Waals surface area contributed by atoms with Crippen molar-refractivity contribution in [2.75, 3.05) is 19.6 Å². The molecule has 0 bridgehead atoms. The van der Waals surface area contributed by atoms with E-state index in [9.17, 15) is 4.79 Å². The lowest BCUT2D eigenvalue weighted by Gasteiger charge is -2.28. The van der Waals surface area contributed by atoms with E-state index in [0.29, 0.717) is 23.7 Å². The highest BCUT2D eigenvalue weighted by molar-refractivity contribution is 6.30. The highest BCUT2D eigenvalue weighted by Crippen LogP contribution is 2.50. The summed E-state index contributed by atoms with van der Waals surface area (Å²) in [7, 11) is 0. The van der Waals surface area contributed by atoms with Crippen LogP contribution in [0.1, 0.15) is 38.2 Å². The summed E-state index contributed by atoms with van der Waals surface area (Å²) < 4.78 is 0. The van der Waals surface area contributed by atoms with Crippen molar-refractivity contribution in [1.82, 2.24) is 9.80 Å². The molecule has 1 aromatic carbocycles. The van der Waals surface area contributed by atoms with Crippen molar-refractivity contribution < 1.29 is 4.79 Å². The van der Waals surface area contributed by atoms with Crippen molar-refractivity contribution in [2.45, 2.75) is 44.7 Å². The third-order valence-electron chi connectivity index (χ3n) is 6.85. The Hall–Kier alpha value is -1.39. The molecule has 5 heteroatoms. The molecule has 26 heavy (non-hydrogen) atoms. The van der Waals surface area contributed by atoms with Crippen molar-refractivity contribution in [1.29, 1.82) is 0 Å². The number of carbonyl (C=O) groups excluding carboxylic acids is 1. The zero-order valence-electron chi connectivity index (χ0n) is 15.3. The summed E-state index contributed by atoms with van der Waals surface area (Å²) in [5.74, 6) is 2.94. The number of amidine groups is 1. The standard InChI is InChI=1S/C21H26ClN3O/c1-14-23-21(20(26)25(14)11-16-2-3-16)9-8-17-12-24(13-19(17)21)10-15-4-6-18(22)7-5-15/h4-7,16-17,19H,2-3,8-13H2,1H3/t17-,19+,21-/m1/s1. The van der Waals surface area contributed by atoms with Gasteiger partial charge in [-0.1, -0.05) is 23.7 Å². The van der Waals surface area contributed by atoms with Gasteiger partial charge in [0.2, 0.25) is 0 Å². The average Bonchev–Trinajstić information content (AvgIpc) is 3.19. The minimum Gasteiger partial charge on any atom is -0.298 e. The Morgan fingerprint density at radius 3 is 2.69 bits per heavy atom. The van der Waals surface area contributed by atoms with E-state index >= 15 is 0 Å². The van der Waals surface area contributed by atoms with Crippen LogP contribution in [0.15, 0.2) is 29.3 Å². The molecule has 0 radical (unpaired) electrons. The van der Waals surface area contributed by atoms with Crippen LogP contribution in [0, 0.1) is 17.8 Å². The second kappa shape index (κ2) is 6.07. The van der Waals surface area contributed by atoms with Gasteiger partial charge in [-0.15, -0.1) is 0 Å². The van der Waals surface area contributed by atoms with Crippen LogP contribution in [0.25, 0.3) is 0 Å². The van der Waals surface area contributed by atoms with E-state index in [0.717, 1.165) is 49.9 Å². The summed E-state index contributed by atoms with van der Waals surface area (Å²) in [4.78, 5) is 22.8. The second-order valence-corrected chi connectivity index (χ2v) is 9.10. The zero-order valence-corrected chi connectivity index (χ0v) is 16.1. The monoisotopic (exact) mass is 371 g/mol. The number of aliphatic imine (C=N–C) groups is 1. The second-order valence-electron chi connectivity index (χ2n) is 8.67. The molecule has 138 valence electrons. The fourth-order valence-corrected chi connectivity index (χ4v) is 5.44. The van der Waals surface area contributed by atoms with E-state index < -0.39 is 5.54 Å². The molecular formula is C21H26ClN3O. The number of rotatable bonds is 4. The molecule has 1 aromatic rings. The van der Waals surface area contributed by atoms with Crippen LogP contribution in [0.4, 0.5) is 0 Å². The van der Waals surface area contributed by atoms with Crippen molar-refractivity contribution >= 4 is 23.3 Å². The summed E-state index contributed by atoms with van der Waals surface area (Å²) in [6.45, 7) is 5.92. The molecule has 1 amide bonds. The SMILES string of the molecule is CC1=N[C@@]2(CC[C@@H]3CN(Cc4ccc(Cl)cc4)C[C@@H]32)C(=O)N1CC1CC1. The first-order valence-electron chi connectivity index (χ1n) is 9.90. The Kier molecular flexibility index (Phi) is 3.91. The molecule has 3 atom stereocenters. The molecular weight excluding hydrogens is 346 g/mol. The molecule has 2 heterocycles. The summed E-state index contributed by atoms with van der Waals surface area (Å²) in [5, 5.41) is 0.781. The fraction of sp³-hybridized carbons (Fsp3) is 0.619. The van der Waals surface area contributed by atoms with Gasteiger partial charge in [0.05, 0.1) is 0 Å². The van der Waals surface area contributed by atoms with Crippen LogP contribution in [0.2, 0.25) is 5.02 Å².